The molecule has 0 aromatic heterocycles. The van der Waals surface area contributed by atoms with Crippen molar-refractivity contribution in [2.45, 2.75) is 32.7 Å². The Morgan fingerprint density at radius 3 is 2.21 bits per heavy atom. The van der Waals surface area contributed by atoms with Gasteiger partial charge < -0.3 is 15.8 Å². The Bertz CT molecular complexity index is 1010. The lowest BCUT2D eigenvalue weighted by molar-refractivity contribution is -0.125. The topological polar surface area (TPSA) is 116 Å². The minimum Gasteiger partial charge on any atom is -0.452 e. The lowest BCUT2D eigenvalue weighted by atomic mass is 9.82. The van der Waals surface area contributed by atoms with Crippen LogP contribution in [0.4, 0.5) is 5.69 Å². The molecule has 2 aromatic carbocycles. The van der Waals surface area contributed by atoms with Crippen molar-refractivity contribution in [3.63, 3.8) is 0 Å². The van der Waals surface area contributed by atoms with Gasteiger partial charge in [-0.15, -0.1) is 0 Å². The van der Waals surface area contributed by atoms with E-state index in [2.05, 4.69) is 5.32 Å². The Balaban J connectivity index is 1.82. The lowest BCUT2D eigenvalue weighted by Gasteiger charge is -2.20. The van der Waals surface area contributed by atoms with Crippen molar-refractivity contribution in [3.8, 4) is 0 Å². The van der Waals surface area contributed by atoms with Crippen LogP contribution in [0.5, 0.6) is 0 Å². The molecule has 0 saturated carbocycles. The molecule has 0 fully saturated rings. The summed E-state index contributed by atoms with van der Waals surface area (Å²) >= 11 is 0. The van der Waals surface area contributed by atoms with Crippen molar-refractivity contribution in [3.05, 3.63) is 64.2 Å². The molecule has 1 aliphatic carbocycles. The molecule has 7 heteroatoms. The number of benzene rings is 2. The first-order chi connectivity index (χ1) is 13.9. The Labute approximate surface area is 168 Å². The van der Waals surface area contributed by atoms with Crippen LogP contribution in [0, 0.1) is 0 Å². The molecule has 0 atom stereocenters. The molecule has 1 aliphatic rings. The van der Waals surface area contributed by atoms with Gasteiger partial charge in [0.1, 0.15) is 0 Å². The number of nitrogen functional groups attached to an aromatic ring is 1. The third-order valence-corrected chi connectivity index (χ3v) is 5.04. The van der Waals surface area contributed by atoms with E-state index < -0.39 is 24.3 Å². The summed E-state index contributed by atoms with van der Waals surface area (Å²) in [6.07, 6.45) is 1.54. The van der Waals surface area contributed by atoms with Gasteiger partial charge in [0.25, 0.3) is 5.91 Å². The highest BCUT2D eigenvalue weighted by Crippen LogP contribution is 2.32. The Morgan fingerprint density at radius 2 is 1.59 bits per heavy atom. The molecule has 29 heavy (non-hydrogen) atoms. The summed E-state index contributed by atoms with van der Waals surface area (Å²) in [6.45, 7) is 3.44. The molecular formula is C22H22N2O5. The number of carbonyl (C=O) groups excluding carboxylic acids is 4. The molecule has 0 saturated heterocycles. The van der Waals surface area contributed by atoms with E-state index in [0.717, 1.165) is 12.8 Å². The average molecular weight is 394 g/mol. The maximum atomic E-state index is 12.9. The number of ether oxygens (including phenoxy) is 1. The molecule has 0 radical (unpaired) electrons. The van der Waals surface area contributed by atoms with Gasteiger partial charge in [-0.3, -0.25) is 14.4 Å². The quantitative estimate of drug-likeness (QED) is 0.490. The Hall–Kier alpha value is -3.48. The number of amides is 1. The van der Waals surface area contributed by atoms with Crippen LogP contribution < -0.4 is 11.1 Å². The number of rotatable bonds is 6. The summed E-state index contributed by atoms with van der Waals surface area (Å²) in [5, 5.41) is 2.77. The first-order valence-electron chi connectivity index (χ1n) is 9.46. The van der Waals surface area contributed by atoms with E-state index in [4.69, 9.17) is 10.5 Å². The van der Waals surface area contributed by atoms with Gasteiger partial charge in [-0.2, -0.15) is 0 Å². The second-order valence-corrected chi connectivity index (χ2v) is 6.81. The van der Waals surface area contributed by atoms with E-state index in [1.807, 2.05) is 13.8 Å². The minimum absolute atomic E-state index is 0.00960. The molecule has 0 spiro atoms. The summed E-state index contributed by atoms with van der Waals surface area (Å²) < 4.78 is 5.06. The molecule has 3 N–H and O–H groups in total. The van der Waals surface area contributed by atoms with Crippen molar-refractivity contribution in [1.29, 1.82) is 0 Å². The molecule has 1 amide bonds. The number of nitrogens with two attached hydrogens (primary N) is 1. The van der Waals surface area contributed by atoms with Crippen LogP contribution in [0.3, 0.4) is 0 Å². The smallest absolute Gasteiger partial charge is 0.340 e. The van der Waals surface area contributed by atoms with Gasteiger partial charge in [0.15, 0.2) is 18.2 Å². The van der Waals surface area contributed by atoms with Crippen LogP contribution >= 0.6 is 0 Å². The van der Waals surface area contributed by atoms with E-state index >= 15 is 0 Å². The zero-order valence-electron chi connectivity index (χ0n) is 16.3. The van der Waals surface area contributed by atoms with Crippen LogP contribution in [-0.2, 0) is 9.53 Å². The van der Waals surface area contributed by atoms with Crippen molar-refractivity contribution >= 4 is 29.1 Å². The van der Waals surface area contributed by atoms with Crippen LogP contribution in [0.25, 0.3) is 0 Å². The highest BCUT2D eigenvalue weighted by Gasteiger charge is 2.33. The Morgan fingerprint density at radius 1 is 0.966 bits per heavy atom. The molecule has 3 rings (SSSR count). The highest BCUT2D eigenvalue weighted by atomic mass is 16.5. The van der Waals surface area contributed by atoms with Crippen molar-refractivity contribution in [2.75, 3.05) is 12.3 Å². The Kier molecular flexibility index (Phi) is 5.77. The van der Waals surface area contributed by atoms with Gasteiger partial charge in [-0.1, -0.05) is 38.1 Å². The predicted octanol–water partition coefficient (Wildman–Crippen LogP) is 2.51. The predicted molar refractivity (Wildman–Crippen MR) is 107 cm³/mol. The standard InChI is InChI=1S/C22H22N2O5/c1-3-12(4-2)24-17(25)11-29-22(28)16-10-9-15-18(19(16)23)21(27)14-8-6-5-7-13(14)20(15)26/h5-10,12H,3-4,11,23H2,1-2H3,(H,24,25). The number of nitrogens with one attached hydrogen (secondary N) is 1. The van der Waals surface area contributed by atoms with Gasteiger partial charge in [0.2, 0.25) is 0 Å². The largest absolute Gasteiger partial charge is 0.452 e. The van der Waals surface area contributed by atoms with Gasteiger partial charge in [0.05, 0.1) is 16.8 Å². The van der Waals surface area contributed by atoms with Crippen molar-refractivity contribution in [1.82, 2.24) is 5.32 Å². The zero-order valence-corrected chi connectivity index (χ0v) is 16.3. The molecule has 150 valence electrons. The van der Waals surface area contributed by atoms with Crippen molar-refractivity contribution in [2.24, 2.45) is 0 Å². The lowest BCUT2D eigenvalue weighted by Crippen LogP contribution is -2.37. The fourth-order valence-corrected chi connectivity index (χ4v) is 3.36. The number of hydrogen-bond donors (Lipinski definition) is 2. The molecule has 0 unspecified atom stereocenters. The number of esters is 1. The van der Waals surface area contributed by atoms with E-state index in [1.54, 1.807) is 24.3 Å². The highest BCUT2D eigenvalue weighted by molar-refractivity contribution is 6.30. The first-order valence-corrected chi connectivity index (χ1v) is 9.46. The molecule has 0 heterocycles. The summed E-state index contributed by atoms with van der Waals surface area (Å²) in [5.74, 6) is -1.99. The number of hydrogen-bond acceptors (Lipinski definition) is 6. The van der Waals surface area contributed by atoms with Gasteiger partial charge in [-0.05, 0) is 25.0 Å². The van der Waals surface area contributed by atoms with Crippen molar-refractivity contribution < 1.29 is 23.9 Å². The zero-order chi connectivity index (χ0) is 21.1. The van der Waals surface area contributed by atoms with Crippen LogP contribution in [0.15, 0.2) is 36.4 Å². The average Bonchev–Trinajstić information content (AvgIpc) is 2.73. The normalized spacial score (nSPS) is 12.4. The van der Waals surface area contributed by atoms with Crippen LogP contribution in [0.2, 0.25) is 0 Å². The second kappa shape index (κ2) is 8.26. The summed E-state index contributed by atoms with van der Waals surface area (Å²) in [5.41, 5.74) is 6.57. The molecule has 2 aromatic rings. The van der Waals surface area contributed by atoms with Gasteiger partial charge in [0, 0.05) is 22.7 Å². The van der Waals surface area contributed by atoms with Gasteiger partial charge in [-0.25, -0.2) is 4.79 Å². The third-order valence-electron chi connectivity index (χ3n) is 5.04. The number of anilines is 1. The van der Waals surface area contributed by atoms with Crippen LogP contribution in [-0.4, -0.2) is 36.1 Å². The summed E-state index contributed by atoms with van der Waals surface area (Å²) in [4.78, 5) is 49.9. The first kappa shape index (κ1) is 20.3. The van der Waals surface area contributed by atoms with Gasteiger partial charge >= 0.3 is 5.97 Å². The summed E-state index contributed by atoms with van der Waals surface area (Å²) in [7, 11) is 0. The molecule has 0 bridgehead atoms. The fourth-order valence-electron chi connectivity index (χ4n) is 3.36. The van der Waals surface area contributed by atoms with E-state index in [-0.39, 0.29) is 39.8 Å². The maximum absolute atomic E-state index is 12.9. The molecule has 7 nitrogen and oxygen atoms in total. The number of carbonyl (C=O) groups is 4. The maximum Gasteiger partial charge on any atom is 0.340 e. The number of ketones is 2. The molecular weight excluding hydrogens is 372 g/mol. The summed E-state index contributed by atoms with van der Waals surface area (Å²) in [6, 6.07) is 9.20. The van der Waals surface area contributed by atoms with Crippen LogP contribution in [0.1, 0.15) is 68.9 Å². The van der Waals surface area contributed by atoms with E-state index in [9.17, 15) is 19.2 Å². The monoisotopic (exact) mass is 394 g/mol. The fraction of sp³-hybridized carbons (Fsp3) is 0.273. The minimum atomic E-state index is -0.830. The third kappa shape index (κ3) is 3.76. The SMILES string of the molecule is CCC(CC)NC(=O)COC(=O)c1ccc2c(c1N)C(=O)c1ccccc1C2=O. The molecule has 0 aliphatic heterocycles. The van der Waals surface area contributed by atoms with E-state index in [1.165, 1.54) is 12.1 Å². The number of fused-ring (bicyclic) bond motifs is 2. The van der Waals surface area contributed by atoms with E-state index in [0.29, 0.717) is 5.56 Å². The second-order valence-electron chi connectivity index (χ2n) is 6.81.